The molecule has 0 aliphatic rings. The van der Waals surface area contributed by atoms with Gasteiger partial charge in [0.05, 0.1) is 17.3 Å². The average molecular weight is 217 g/mol. The van der Waals surface area contributed by atoms with E-state index >= 15 is 0 Å². The van der Waals surface area contributed by atoms with Crippen molar-refractivity contribution in [2.45, 2.75) is 0 Å². The van der Waals surface area contributed by atoms with Crippen molar-refractivity contribution in [2.24, 2.45) is 5.73 Å². The minimum atomic E-state index is -1.14. The van der Waals surface area contributed by atoms with Gasteiger partial charge in [0.2, 0.25) is 0 Å². The van der Waals surface area contributed by atoms with Gasteiger partial charge in [-0.3, -0.25) is 9.78 Å². The van der Waals surface area contributed by atoms with Crippen LogP contribution in [0.2, 0.25) is 0 Å². The maximum atomic E-state index is 11.0. The molecule has 0 aliphatic carbocycles. The van der Waals surface area contributed by atoms with Crippen LogP contribution in [0.25, 0.3) is 10.9 Å². The molecule has 0 aromatic carbocycles. The minimum Gasteiger partial charge on any atom is -0.478 e. The van der Waals surface area contributed by atoms with E-state index in [4.69, 9.17) is 10.8 Å². The highest BCUT2D eigenvalue weighted by molar-refractivity contribution is 6.05. The Kier molecular flexibility index (Phi) is 2.24. The van der Waals surface area contributed by atoms with Gasteiger partial charge in [0.15, 0.2) is 0 Å². The lowest BCUT2D eigenvalue weighted by molar-refractivity contribution is 0.0699. The molecular weight excluding hydrogens is 210 g/mol. The molecule has 6 nitrogen and oxygen atoms in total. The van der Waals surface area contributed by atoms with E-state index in [1.165, 1.54) is 18.5 Å². The number of carboxylic acids is 1. The number of carbonyl (C=O) groups is 2. The number of hydrogen-bond acceptors (Lipinski definition) is 4. The molecule has 0 saturated carbocycles. The lowest BCUT2D eigenvalue weighted by Crippen LogP contribution is -2.14. The number of aromatic nitrogens is 2. The molecule has 0 saturated heterocycles. The zero-order valence-corrected chi connectivity index (χ0v) is 8.04. The number of carboxylic acid groups (broad SMARTS) is 1. The molecule has 0 aliphatic heterocycles. The van der Waals surface area contributed by atoms with Crippen molar-refractivity contribution in [3.8, 4) is 0 Å². The van der Waals surface area contributed by atoms with Crippen LogP contribution in [0.15, 0.2) is 24.5 Å². The fourth-order valence-electron chi connectivity index (χ4n) is 1.38. The first-order valence-electron chi connectivity index (χ1n) is 4.37. The van der Waals surface area contributed by atoms with E-state index < -0.39 is 11.9 Å². The van der Waals surface area contributed by atoms with Crippen molar-refractivity contribution in [3.63, 3.8) is 0 Å². The van der Waals surface area contributed by atoms with Crippen LogP contribution >= 0.6 is 0 Å². The van der Waals surface area contributed by atoms with Gasteiger partial charge in [-0.2, -0.15) is 0 Å². The van der Waals surface area contributed by atoms with Crippen molar-refractivity contribution in [2.75, 3.05) is 0 Å². The Morgan fingerprint density at radius 2 is 2.12 bits per heavy atom. The topological polar surface area (TPSA) is 106 Å². The first-order chi connectivity index (χ1) is 7.59. The summed E-state index contributed by atoms with van der Waals surface area (Å²) in [4.78, 5) is 29.7. The van der Waals surface area contributed by atoms with Crippen LogP contribution in [0.3, 0.4) is 0 Å². The number of pyridine rings is 2. The first kappa shape index (κ1) is 10.0. The second kappa shape index (κ2) is 3.58. The van der Waals surface area contributed by atoms with Crippen molar-refractivity contribution in [1.29, 1.82) is 0 Å². The van der Waals surface area contributed by atoms with Crippen molar-refractivity contribution < 1.29 is 14.7 Å². The summed E-state index contributed by atoms with van der Waals surface area (Å²) in [6.07, 6.45) is 2.84. The number of hydrogen-bond donors (Lipinski definition) is 2. The summed E-state index contributed by atoms with van der Waals surface area (Å²) < 4.78 is 0. The van der Waals surface area contributed by atoms with Crippen LogP contribution in [-0.2, 0) is 0 Å². The fraction of sp³-hybridized carbons (Fsp3) is 0. The van der Waals surface area contributed by atoms with E-state index in [0.717, 1.165) is 6.07 Å². The standard InChI is InChI=1S/C10H7N3O3/c11-9(14)7-3-6(10(15)16)5-1-2-12-4-8(5)13-7/h1-4H,(H2,11,14)(H,15,16). The smallest absolute Gasteiger partial charge is 0.336 e. The Labute approximate surface area is 89.7 Å². The third-order valence-corrected chi connectivity index (χ3v) is 2.10. The molecule has 3 N–H and O–H groups in total. The summed E-state index contributed by atoms with van der Waals surface area (Å²) in [7, 11) is 0. The third-order valence-electron chi connectivity index (χ3n) is 2.10. The second-order valence-electron chi connectivity index (χ2n) is 3.12. The molecule has 1 amide bonds. The molecule has 2 aromatic heterocycles. The fourth-order valence-corrected chi connectivity index (χ4v) is 1.38. The highest BCUT2D eigenvalue weighted by atomic mass is 16.4. The van der Waals surface area contributed by atoms with E-state index in [0.29, 0.717) is 10.9 Å². The Balaban J connectivity index is 2.84. The lowest BCUT2D eigenvalue weighted by Gasteiger charge is -2.03. The Bertz CT molecular complexity index is 595. The van der Waals surface area contributed by atoms with E-state index in [-0.39, 0.29) is 11.3 Å². The van der Waals surface area contributed by atoms with Crippen LogP contribution in [0.1, 0.15) is 20.8 Å². The van der Waals surface area contributed by atoms with Gasteiger partial charge < -0.3 is 10.8 Å². The molecule has 0 unspecified atom stereocenters. The molecule has 2 rings (SSSR count). The van der Waals surface area contributed by atoms with Gasteiger partial charge in [-0.15, -0.1) is 0 Å². The SMILES string of the molecule is NC(=O)c1cc(C(=O)O)c2ccncc2n1. The van der Waals surface area contributed by atoms with Gasteiger partial charge in [0.25, 0.3) is 5.91 Å². The highest BCUT2D eigenvalue weighted by Gasteiger charge is 2.13. The predicted molar refractivity (Wildman–Crippen MR) is 55.0 cm³/mol. The van der Waals surface area contributed by atoms with Gasteiger partial charge in [-0.1, -0.05) is 0 Å². The number of rotatable bonds is 2. The molecule has 0 fully saturated rings. The molecule has 0 spiro atoms. The van der Waals surface area contributed by atoms with E-state index in [1.807, 2.05) is 0 Å². The maximum Gasteiger partial charge on any atom is 0.336 e. The highest BCUT2D eigenvalue weighted by Crippen LogP contribution is 2.17. The second-order valence-corrected chi connectivity index (χ2v) is 3.12. The quantitative estimate of drug-likeness (QED) is 0.758. The van der Waals surface area contributed by atoms with Crippen molar-refractivity contribution >= 4 is 22.8 Å². The summed E-state index contributed by atoms with van der Waals surface area (Å²) in [5.74, 6) is -1.91. The van der Waals surface area contributed by atoms with Crippen molar-refractivity contribution in [3.05, 3.63) is 35.8 Å². The zero-order valence-electron chi connectivity index (χ0n) is 8.04. The predicted octanol–water partition coefficient (Wildman–Crippen LogP) is 0.427. The number of nitrogens with zero attached hydrogens (tertiary/aromatic N) is 2. The normalized spacial score (nSPS) is 10.2. The van der Waals surface area contributed by atoms with Gasteiger partial charge in [-0.05, 0) is 12.1 Å². The number of carbonyl (C=O) groups excluding carboxylic acids is 1. The number of amides is 1. The molecule has 2 aromatic rings. The maximum absolute atomic E-state index is 11.0. The van der Waals surface area contributed by atoms with Gasteiger partial charge >= 0.3 is 5.97 Å². The largest absolute Gasteiger partial charge is 0.478 e. The van der Waals surface area contributed by atoms with Crippen molar-refractivity contribution in [1.82, 2.24) is 9.97 Å². The molecule has 0 radical (unpaired) electrons. The minimum absolute atomic E-state index is 0.0128. The molecule has 16 heavy (non-hydrogen) atoms. The number of primary amides is 1. The van der Waals surface area contributed by atoms with Crippen LogP contribution in [0, 0.1) is 0 Å². The van der Waals surface area contributed by atoms with Crippen LogP contribution in [0.4, 0.5) is 0 Å². The molecule has 80 valence electrons. The first-order valence-corrected chi connectivity index (χ1v) is 4.37. The van der Waals surface area contributed by atoms with Crippen LogP contribution in [0.5, 0.6) is 0 Å². The summed E-state index contributed by atoms with van der Waals surface area (Å²) in [5.41, 5.74) is 5.29. The molecule has 2 heterocycles. The van der Waals surface area contributed by atoms with E-state index in [2.05, 4.69) is 9.97 Å². The summed E-state index contributed by atoms with van der Waals surface area (Å²) in [6, 6.07) is 2.68. The van der Waals surface area contributed by atoms with Gasteiger partial charge in [0.1, 0.15) is 5.69 Å². The lowest BCUT2D eigenvalue weighted by atomic mass is 10.1. The molecule has 6 heteroatoms. The van der Waals surface area contributed by atoms with Crippen LogP contribution in [-0.4, -0.2) is 27.0 Å². The average Bonchev–Trinajstić information content (AvgIpc) is 2.27. The van der Waals surface area contributed by atoms with Gasteiger partial charge in [-0.25, -0.2) is 9.78 Å². The number of fused-ring (bicyclic) bond motifs is 1. The zero-order chi connectivity index (χ0) is 11.7. The van der Waals surface area contributed by atoms with E-state index in [1.54, 1.807) is 0 Å². The third kappa shape index (κ3) is 1.56. The Morgan fingerprint density at radius 3 is 2.75 bits per heavy atom. The molecular formula is C10H7N3O3. The summed E-state index contributed by atoms with van der Waals surface area (Å²) in [5, 5.41) is 9.41. The summed E-state index contributed by atoms with van der Waals surface area (Å²) in [6.45, 7) is 0. The van der Waals surface area contributed by atoms with E-state index in [9.17, 15) is 9.59 Å². The monoisotopic (exact) mass is 217 g/mol. The Morgan fingerprint density at radius 1 is 1.38 bits per heavy atom. The summed E-state index contributed by atoms with van der Waals surface area (Å²) >= 11 is 0. The number of aromatic carboxylic acids is 1. The van der Waals surface area contributed by atoms with Gasteiger partial charge in [0, 0.05) is 11.6 Å². The molecule has 0 bridgehead atoms. The molecule has 0 atom stereocenters. The van der Waals surface area contributed by atoms with Crippen LogP contribution < -0.4 is 5.73 Å². The number of nitrogens with two attached hydrogens (primary N) is 1. The Hall–Kier alpha value is -2.50.